The standard InChI is InChI=1S/C19H26F2N4O2.2ClH/c20-19(21)12-16(22-13-19)18(27)24-15-6-4-5-14(11-15)23-17(26)7-10-25-8-2-1-3-9-25;;/h4-6,11,16,22H,1-3,7-10,12-13H2,(H,23,26)(H,24,27);2*1H. The average Bonchev–Trinajstić information content (AvgIpc) is 3.01. The summed E-state index contributed by atoms with van der Waals surface area (Å²) in [6, 6.07) is 5.81. The monoisotopic (exact) mass is 452 g/mol. The normalized spacial score (nSPS) is 20.8. The molecule has 10 heteroatoms. The molecule has 2 aliphatic rings. The van der Waals surface area contributed by atoms with Gasteiger partial charge in [-0.25, -0.2) is 8.78 Å². The van der Waals surface area contributed by atoms with E-state index in [0.717, 1.165) is 19.6 Å². The fourth-order valence-electron chi connectivity index (χ4n) is 3.47. The van der Waals surface area contributed by atoms with Crippen molar-refractivity contribution < 1.29 is 18.4 Å². The molecule has 0 bridgehead atoms. The number of benzene rings is 1. The number of carbonyl (C=O) groups excluding carboxylic acids is 2. The molecule has 1 aromatic rings. The highest BCUT2D eigenvalue weighted by Gasteiger charge is 2.42. The predicted octanol–water partition coefficient (Wildman–Crippen LogP) is 3.28. The van der Waals surface area contributed by atoms with E-state index in [1.54, 1.807) is 24.3 Å². The van der Waals surface area contributed by atoms with Crippen molar-refractivity contribution in [2.24, 2.45) is 0 Å². The number of amides is 2. The van der Waals surface area contributed by atoms with Gasteiger partial charge in [0.2, 0.25) is 11.8 Å². The number of piperidine rings is 1. The Hall–Kier alpha value is -1.48. The highest BCUT2D eigenvalue weighted by molar-refractivity contribution is 5.96. The van der Waals surface area contributed by atoms with Crippen molar-refractivity contribution in [1.29, 1.82) is 0 Å². The molecule has 164 valence electrons. The smallest absolute Gasteiger partial charge is 0.262 e. The van der Waals surface area contributed by atoms with Gasteiger partial charge in [-0.05, 0) is 44.1 Å². The van der Waals surface area contributed by atoms with Gasteiger partial charge in [0.15, 0.2) is 0 Å². The van der Waals surface area contributed by atoms with Gasteiger partial charge in [0.1, 0.15) is 0 Å². The number of alkyl halides is 2. The second-order valence-electron chi connectivity index (χ2n) is 7.26. The van der Waals surface area contributed by atoms with Crippen LogP contribution in [0.1, 0.15) is 32.1 Å². The van der Waals surface area contributed by atoms with Crippen molar-refractivity contribution >= 4 is 48.0 Å². The number of halogens is 4. The Bertz CT molecular complexity index is 688. The summed E-state index contributed by atoms with van der Waals surface area (Å²) in [4.78, 5) is 26.6. The lowest BCUT2D eigenvalue weighted by atomic mass is 10.1. The summed E-state index contributed by atoms with van der Waals surface area (Å²) in [5.41, 5.74) is 1.03. The molecule has 2 amide bonds. The third kappa shape index (κ3) is 8.04. The van der Waals surface area contributed by atoms with Crippen LogP contribution < -0.4 is 16.0 Å². The summed E-state index contributed by atoms with van der Waals surface area (Å²) >= 11 is 0. The lowest BCUT2D eigenvalue weighted by Crippen LogP contribution is -2.35. The Morgan fingerprint density at radius 3 is 2.38 bits per heavy atom. The Balaban J connectivity index is 0.00000210. The molecule has 2 saturated heterocycles. The predicted molar refractivity (Wildman–Crippen MR) is 114 cm³/mol. The molecule has 1 unspecified atom stereocenters. The van der Waals surface area contributed by atoms with Gasteiger partial charge >= 0.3 is 0 Å². The van der Waals surface area contributed by atoms with E-state index in [1.807, 2.05) is 0 Å². The Kier molecular flexibility index (Phi) is 10.3. The summed E-state index contributed by atoms with van der Waals surface area (Å²) in [5.74, 6) is -3.44. The van der Waals surface area contributed by atoms with Crippen molar-refractivity contribution in [3.8, 4) is 0 Å². The van der Waals surface area contributed by atoms with E-state index in [4.69, 9.17) is 0 Å². The molecule has 0 spiro atoms. The summed E-state index contributed by atoms with van der Waals surface area (Å²) in [5, 5.41) is 7.98. The Morgan fingerprint density at radius 2 is 1.76 bits per heavy atom. The highest BCUT2D eigenvalue weighted by atomic mass is 35.5. The Morgan fingerprint density at radius 1 is 1.10 bits per heavy atom. The van der Waals surface area contributed by atoms with Crippen molar-refractivity contribution in [1.82, 2.24) is 10.2 Å². The van der Waals surface area contributed by atoms with Gasteiger partial charge in [-0.1, -0.05) is 12.5 Å². The van der Waals surface area contributed by atoms with E-state index >= 15 is 0 Å². The highest BCUT2D eigenvalue weighted by Crippen LogP contribution is 2.26. The molecule has 0 aromatic heterocycles. The molecule has 3 N–H and O–H groups in total. The van der Waals surface area contributed by atoms with Crippen LogP contribution in [0.15, 0.2) is 24.3 Å². The number of nitrogens with one attached hydrogen (secondary N) is 3. The van der Waals surface area contributed by atoms with Crippen LogP contribution in [0.3, 0.4) is 0 Å². The van der Waals surface area contributed by atoms with Crippen LogP contribution in [-0.2, 0) is 9.59 Å². The SMILES string of the molecule is Cl.Cl.O=C(CCN1CCCCC1)Nc1cccc(NC(=O)C2CC(F)(F)CN2)c1. The van der Waals surface area contributed by atoms with Crippen molar-refractivity contribution in [2.45, 2.75) is 44.1 Å². The minimum atomic E-state index is -2.85. The molecule has 29 heavy (non-hydrogen) atoms. The minimum absolute atomic E-state index is 0. The first-order valence-electron chi connectivity index (χ1n) is 9.46. The van der Waals surface area contributed by atoms with Gasteiger partial charge in [0, 0.05) is 30.8 Å². The topological polar surface area (TPSA) is 73.5 Å². The lowest BCUT2D eigenvalue weighted by Gasteiger charge is -2.25. The molecular formula is C19H28Cl2F2N4O2. The third-order valence-electron chi connectivity index (χ3n) is 4.94. The lowest BCUT2D eigenvalue weighted by molar-refractivity contribution is -0.118. The molecule has 2 fully saturated rings. The zero-order valence-corrected chi connectivity index (χ0v) is 17.7. The van der Waals surface area contributed by atoms with E-state index < -0.39 is 30.8 Å². The van der Waals surface area contributed by atoms with Crippen LogP contribution >= 0.6 is 24.8 Å². The first kappa shape index (κ1) is 25.6. The number of anilines is 2. The van der Waals surface area contributed by atoms with E-state index in [1.165, 1.54) is 19.3 Å². The summed E-state index contributed by atoms with van der Waals surface area (Å²) in [6.07, 6.45) is 3.54. The van der Waals surface area contributed by atoms with Crippen molar-refractivity contribution in [3.63, 3.8) is 0 Å². The number of carbonyl (C=O) groups is 2. The van der Waals surface area contributed by atoms with Gasteiger partial charge in [0.25, 0.3) is 5.92 Å². The molecule has 0 saturated carbocycles. The van der Waals surface area contributed by atoms with Crippen molar-refractivity contribution in [3.05, 3.63) is 24.3 Å². The largest absolute Gasteiger partial charge is 0.326 e. The molecule has 1 atom stereocenters. The second kappa shape index (κ2) is 11.6. The number of rotatable bonds is 6. The quantitative estimate of drug-likeness (QED) is 0.618. The summed E-state index contributed by atoms with van der Waals surface area (Å²) in [6.45, 7) is 2.34. The van der Waals surface area contributed by atoms with Gasteiger partial charge in [0.05, 0.1) is 12.6 Å². The molecule has 6 nitrogen and oxygen atoms in total. The zero-order chi connectivity index (χ0) is 19.3. The van der Waals surface area contributed by atoms with E-state index in [9.17, 15) is 18.4 Å². The minimum Gasteiger partial charge on any atom is -0.326 e. The maximum Gasteiger partial charge on any atom is 0.262 e. The number of hydrogen-bond acceptors (Lipinski definition) is 4. The van der Waals surface area contributed by atoms with Gasteiger partial charge in [-0.15, -0.1) is 24.8 Å². The van der Waals surface area contributed by atoms with Crippen LogP contribution in [0, 0.1) is 0 Å². The zero-order valence-electron chi connectivity index (χ0n) is 16.1. The third-order valence-corrected chi connectivity index (χ3v) is 4.94. The van der Waals surface area contributed by atoms with Crippen LogP contribution in [0.25, 0.3) is 0 Å². The molecule has 2 aliphatic heterocycles. The van der Waals surface area contributed by atoms with Gasteiger partial charge < -0.3 is 15.5 Å². The van der Waals surface area contributed by atoms with E-state index in [0.29, 0.717) is 17.8 Å². The van der Waals surface area contributed by atoms with E-state index in [-0.39, 0.29) is 30.7 Å². The summed E-state index contributed by atoms with van der Waals surface area (Å²) in [7, 11) is 0. The number of likely N-dealkylation sites (tertiary alicyclic amines) is 1. The summed E-state index contributed by atoms with van der Waals surface area (Å²) < 4.78 is 26.4. The van der Waals surface area contributed by atoms with Crippen molar-refractivity contribution in [2.75, 3.05) is 36.8 Å². The molecule has 3 rings (SSSR count). The Labute approximate surface area is 182 Å². The number of hydrogen-bond donors (Lipinski definition) is 3. The number of nitrogens with zero attached hydrogens (tertiary/aromatic N) is 1. The first-order valence-corrected chi connectivity index (χ1v) is 9.46. The first-order chi connectivity index (χ1) is 12.9. The molecule has 2 heterocycles. The maximum atomic E-state index is 13.2. The van der Waals surface area contributed by atoms with Crippen LogP contribution in [0.2, 0.25) is 0 Å². The second-order valence-corrected chi connectivity index (χ2v) is 7.26. The molecule has 0 aliphatic carbocycles. The fraction of sp³-hybridized carbons (Fsp3) is 0.579. The molecule has 1 aromatic carbocycles. The van der Waals surface area contributed by atoms with Gasteiger partial charge in [-0.3, -0.25) is 14.9 Å². The van der Waals surface area contributed by atoms with E-state index in [2.05, 4.69) is 20.9 Å². The van der Waals surface area contributed by atoms with Crippen LogP contribution in [0.5, 0.6) is 0 Å². The average molecular weight is 453 g/mol. The van der Waals surface area contributed by atoms with Crippen LogP contribution in [0.4, 0.5) is 20.2 Å². The molecule has 0 radical (unpaired) electrons. The molecular weight excluding hydrogens is 425 g/mol. The maximum absolute atomic E-state index is 13.2. The fourth-order valence-corrected chi connectivity index (χ4v) is 3.47. The van der Waals surface area contributed by atoms with Crippen LogP contribution in [-0.4, -0.2) is 54.9 Å². The van der Waals surface area contributed by atoms with Gasteiger partial charge in [-0.2, -0.15) is 0 Å².